The molecule has 206 valence electrons. The van der Waals surface area contributed by atoms with Crippen LogP contribution in [0.2, 0.25) is 0 Å². The third kappa shape index (κ3) is 5.46. The summed E-state index contributed by atoms with van der Waals surface area (Å²) in [5.41, 5.74) is 13.8. The van der Waals surface area contributed by atoms with Gasteiger partial charge in [-0.25, -0.2) is 0 Å². The summed E-state index contributed by atoms with van der Waals surface area (Å²) in [5, 5.41) is 0. The van der Waals surface area contributed by atoms with Gasteiger partial charge >= 0.3 is 0 Å². The second-order valence-electron chi connectivity index (χ2n) is 11.4. The lowest BCUT2D eigenvalue weighted by molar-refractivity contribution is 1.59. The molecule has 0 fully saturated rings. The van der Waals surface area contributed by atoms with E-state index in [2.05, 4.69) is 54.6 Å². The van der Waals surface area contributed by atoms with E-state index in [1.807, 2.05) is 103 Å². The number of benzene rings is 7. The first kappa shape index (κ1) is 29.5. The van der Waals surface area contributed by atoms with E-state index in [-0.39, 0.29) is 0 Å². The minimum absolute atomic E-state index is 0.626. The van der Waals surface area contributed by atoms with Crippen molar-refractivity contribution in [2.24, 2.45) is 0 Å². The molecule has 0 spiro atoms. The fourth-order valence-electron chi connectivity index (χ4n) is 6.31. The fraction of sp³-hybridized carbons (Fsp3) is 0. The van der Waals surface area contributed by atoms with Crippen LogP contribution in [0, 0.1) is 0 Å². The van der Waals surface area contributed by atoms with Gasteiger partial charge in [-0.2, -0.15) is 0 Å². The van der Waals surface area contributed by atoms with E-state index in [0.29, 0.717) is 21.9 Å². The monoisotopic (exact) mass is 574 g/mol. The van der Waals surface area contributed by atoms with Gasteiger partial charge in [0.1, 0.15) is 31.4 Å². The minimum atomic E-state index is 0.626. The molecule has 0 atom stereocenters. The Hall–Kier alpha value is -5.20. The number of rotatable bonds is 6. The van der Waals surface area contributed by atoms with Crippen LogP contribution in [-0.4, -0.2) is 31.4 Å². The van der Waals surface area contributed by atoms with Crippen molar-refractivity contribution in [1.82, 2.24) is 0 Å². The van der Waals surface area contributed by atoms with Crippen molar-refractivity contribution in [3.63, 3.8) is 0 Å². The van der Waals surface area contributed by atoms with Gasteiger partial charge in [-0.15, -0.1) is 0 Å². The fourth-order valence-corrected chi connectivity index (χ4v) is 6.31. The predicted molar refractivity (Wildman–Crippen MR) is 201 cm³/mol. The van der Waals surface area contributed by atoms with Crippen LogP contribution in [0.4, 0.5) is 0 Å². The maximum Gasteiger partial charge on any atom is 0.115 e. The van der Waals surface area contributed by atoms with E-state index in [0.717, 1.165) is 66.8 Å². The number of hydrogen-bond donors (Lipinski definition) is 0. The molecule has 7 aromatic rings. The molecule has 0 bridgehead atoms. The molecule has 0 nitrogen and oxygen atoms in total. The molecule has 0 saturated carbocycles. The Morgan fingerprint density at radius 3 is 0.826 bits per heavy atom. The summed E-state index contributed by atoms with van der Waals surface area (Å²) < 4.78 is 0. The summed E-state index contributed by atoms with van der Waals surface area (Å²) in [7, 11) is 27.8. The summed E-state index contributed by atoms with van der Waals surface area (Å²) >= 11 is 0. The maximum absolute atomic E-state index is 7.01. The lowest BCUT2D eigenvalue weighted by atomic mass is 9.70. The maximum atomic E-state index is 7.01. The topological polar surface area (TPSA) is 0 Å². The largest absolute Gasteiger partial charge is 0.115 e. The Morgan fingerprint density at radius 2 is 0.500 bits per heavy atom. The van der Waals surface area contributed by atoms with Gasteiger partial charge in [-0.3, -0.25) is 0 Å². The second-order valence-corrected chi connectivity index (χ2v) is 11.4. The highest BCUT2D eigenvalue weighted by molar-refractivity contribution is 6.49. The molecule has 4 heteroatoms. The molecule has 46 heavy (non-hydrogen) atoms. The summed E-state index contributed by atoms with van der Waals surface area (Å²) in [6, 6.07) is 53.1. The standard InChI is InChI=1S/C42H26B4/c43-39-33(27-14-5-1-6-15-27)25-35(41(45)37(39)29-18-9-3-10-19-29)31-22-13-23-32(24-31)36-26-34(28-16-7-2-8-17-28)40(44)38(42(36)46)30-20-11-4-12-21-30/h1-26H. The molecule has 0 aliphatic carbocycles. The highest BCUT2D eigenvalue weighted by Crippen LogP contribution is 2.33. The average Bonchev–Trinajstić information content (AvgIpc) is 3.10. The van der Waals surface area contributed by atoms with Crippen molar-refractivity contribution in [1.29, 1.82) is 0 Å². The van der Waals surface area contributed by atoms with E-state index in [9.17, 15) is 0 Å². The van der Waals surface area contributed by atoms with Crippen molar-refractivity contribution in [3.8, 4) is 66.8 Å². The molecule has 0 aliphatic rings. The zero-order valence-corrected chi connectivity index (χ0v) is 25.3. The van der Waals surface area contributed by atoms with E-state index >= 15 is 0 Å². The van der Waals surface area contributed by atoms with Crippen LogP contribution in [0.5, 0.6) is 0 Å². The van der Waals surface area contributed by atoms with Crippen LogP contribution < -0.4 is 21.9 Å². The molecule has 0 amide bonds. The molecular formula is C42H26B4. The predicted octanol–water partition coefficient (Wildman–Crippen LogP) is 6.86. The molecule has 0 N–H and O–H groups in total. The van der Waals surface area contributed by atoms with Crippen LogP contribution in [0.15, 0.2) is 158 Å². The Labute approximate surface area is 276 Å². The van der Waals surface area contributed by atoms with Crippen molar-refractivity contribution >= 4 is 53.2 Å². The first-order valence-electron chi connectivity index (χ1n) is 15.3. The molecule has 0 unspecified atom stereocenters. The second kappa shape index (κ2) is 12.7. The van der Waals surface area contributed by atoms with Gasteiger partial charge in [0.05, 0.1) is 0 Å². The zero-order chi connectivity index (χ0) is 31.6. The molecule has 0 saturated heterocycles. The lowest BCUT2D eigenvalue weighted by Crippen LogP contribution is -2.24. The van der Waals surface area contributed by atoms with E-state index in [1.54, 1.807) is 0 Å². The first-order valence-corrected chi connectivity index (χ1v) is 15.3. The summed E-state index contributed by atoms with van der Waals surface area (Å²) in [5.74, 6) is 0. The Bertz CT molecular complexity index is 2000. The third-order valence-electron chi connectivity index (χ3n) is 8.59. The van der Waals surface area contributed by atoms with Gasteiger partial charge in [-0.05, 0) is 85.0 Å². The van der Waals surface area contributed by atoms with Crippen LogP contribution in [-0.2, 0) is 0 Å². The van der Waals surface area contributed by atoms with Gasteiger partial charge in [0.25, 0.3) is 0 Å². The highest BCUT2D eigenvalue weighted by atomic mass is 14.2. The van der Waals surface area contributed by atoms with Crippen LogP contribution >= 0.6 is 0 Å². The molecule has 7 rings (SSSR count). The summed E-state index contributed by atoms with van der Waals surface area (Å²) in [4.78, 5) is 0. The van der Waals surface area contributed by atoms with Crippen LogP contribution in [0.25, 0.3) is 66.8 Å². The molecule has 0 aromatic heterocycles. The van der Waals surface area contributed by atoms with Gasteiger partial charge < -0.3 is 0 Å². The lowest BCUT2D eigenvalue weighted by Gasteiger charge is -2.22. The Morgan fingerprint density at radius 1 is 0.239 bits per heavy atom. The molecule has 7 aromatic carbocycles. The smallest absolute Gasteiger partial charge is 0.0818 e. The number of hydrogen-bond acceptors (Lipinski definition) is 0. The van der Waals surface area contributed by atoms with Crippen LogP contribution in [0.1, 0.15) is 0 Å². The quantitative estimate of drug-likeness (QED) is 0.191. The SMILES string of the molecule is [B]c1c(-c2ccccc2)cc(-c2cccc(-c3cc(-c4ccccc4)c([B])c(-c4ccccc4)c3[B])c2)c([B])c1-c1ccccc1. The van der Waals surface area contributed by atoms with Gasteiger partial charge in [-0.1, -0.05) is 161 Å². The molecule has 0 heterocycles. The molecule has 8 radical (unpaired) electrons. The molecular weight excluding hydrogens is 548 g/mol. The van der Waals surface area contributed by atoms with E-state index in [4.69, 9.17) is 31.4 Å². The summed E-state index contributed by atoms with van der Waals surface area (Å²) in [6.45, 7) is 0. The molecule has 0 aliphatic heterocycles. The normalized spacial score (nSPS) is 11.0. The van der Waals surface area contributed by atoms with E-state index in [1.165, 1.54) is 0 Å². The average molecular weight is 574 g/mol. The highest BCUT2D eigenvalue weighted by Gasteiger charge is 2.19. The van der Waals surface area contributed by atoms with Crippen LogP contribution in [0.3, 0.4) is 0 Å². The van der Waals surface area contributed by atoms with Gasteiger partial charge in [0.15, 0.2) is 0 Å². The van der Waals surface area contributed by atoms with Gasteiger partial charge in [0, 0.05) is 0 Å². The minimum Gasteiger partial charge on any atom is -0.0818 e. The van der Waals surface area contributed by atoms with Crippen molar-refractivity contribution in [2.75, 3.05) is 0 Å². The summed E-state index contributed by atoms with van der Waals surface area (Å²) in [6.07, 6.45) is 0. The van der Waals surface area contributed by atoms with Crippen molar-refractivity contribution in [3.05, 3.63) is 158 Å². The Kier molecular flexibility index (Phi) is 8.12. The zero-order valence-electron chi connectivity index (χ0n) is 25.3. The van der Waals surface area contributed by atoms with Gasteiger partial charge in [0.2, 0.25) is 0 Å². The first-order chi connectivity index (χ1) is 22.5. The van der Waals surface area contributed by atoms with Crippen molar-refractivity contribution in [2.45, 2.75) is 0 Å². The Balaban J connectivity index is 1.46. The van der Waals surface area contributed by atoms with E-state index < -0.39 is 0 Å². The van der Waals surface area contributed by atoms with Crippen molar-refractivity contribution < 1.29 is 0 Å². The third-order valence-corrected chi connectivity index (χ3v) is 8.59.